The fourth-order valence-electron chi connectivity index (χ4n) is 1.12. The third-order valence-electron chi connectivity index (χ3n) is 1.83. The first-order chi connectivity index (χ1) is 6.29. The number of nitrogens with zero attached hydrogens (tertiary/aromatic N) is 1. The van der Waals surface area contributed by atoms with E-state index in [1.807, 2.05) is 6.07 Å². The SMILES string of the molecule is Br.CN(C)CC=CCc1ccccc1. The van der Waals surface area contributed by atoms with Gasteiger partial charge in [-0.15, -0.1) is 17.0 Å². The van der Waals surface area contributed by atoms with Crippen LogP contribution >= 0.6 is 17.0 Å². The molecule has 1 nitrogen and oxygen atoms in total. The van der Waals surface area contributed by atoms with Gasteiger partial charge in [0.15, 0.2) is 0 Å². The van der Waals surface area contributed by atoms with Crippen LogP contribution in [-0.4, -0.2) is 25.5 Å². The van der Waals surface area contributed by atoms with Crippen LogP contribution in [0.2, 0.25) is 0 Å². The van der Waals surface area contributed by atoms with E-state index >= 15 is 0 Å². The van der Waals surface area contributed by atoms with Crippen LogP contribution in [0.15, 0.2) is 42.5 Å². The zero-order chi connectivity index (χ0) is 9.52. The summed E-state index contributed by atoms with van der Waals surface area (Å²) in [5.74, 6) is 0. The van der Waals surface area contributed by atoms with Crippen molar-refractivity contribution in [3.05, 3.63) is 48.0 Å². The Morgan fingerprint density at radius 1 is 1.07 bits per heavy atom. The van der Waals surface area contributed by atoms with Crippen molar-refractivity contribution in [1.82, 2.24) is 4.90 Å². The topological polar surface area (TPSA) is 3.24 Å². The number of hydrogen-bond acceptors (Lipinski definition) is 1. The van der Waals surface area contributed by atoms with Gasteiger partial charge in [-0.25, -0.2) is 0 Å². The van der Waals surface area contributed by atoms with Crippen LogP contribution in [0.25, 0.3) is 0 Å². The zero-order valence-corrected chi connectivity index (χ0v) is 10.5. The summed E-state index contributed by atoms with van der Waals surface area (Å²) >= 11 is 0. The highest BCUT2D eigenvalue weighted by Crippen LogP contribution is 1.99. The van der Waals surface area contributed by atoms with E-state index in [9.17, 15) is 0 Å². The lowest BCUT2D eigenvalue weighted by molar-refractivity contribution is 0.456. The van der Waals surface area contributed by atoms with Crippen LogP contribution in [0.5, 0.6) is 0 Å². The minimum absolute atomic E-state index is 0. The Kier molecular flexibility index (Phi) is 7.44. The van der Waals surface area contributed by atoms with Crippen LogP contribution in [0.1, 0.15) is 5.56 Å². The molecule has 14 heavy (non-hydrogen) atoms. The van der Waals surface area contributed by atoms with Gasteiger partial charge in [0, 0.05) is 6.54 Å². The molecule has 0 bridgehead atoms. The molecule has 1 rings (SSSR count). The molecular weight excluding hydrogens is 238 g/mol. The summed E-state index contributed by atoms with van der Waals surface area (Å²) in [4.78, 5) is 2.15. The molecule has 0 atom stereocenters. The van der Waals surface area contributed by atoms with Gasteiger partial charge in [-0.2, -0.15) is 0 Å². The Morgan fingerprint density at radius 2 is 1.71 bits per heavy atom. The minimum atomic E-state index is 0. The summed E-state index contributed by atoms with van der Waals surface area (Å²) in [6.07, 6.45) is 5.46. The molecule has 0 spiro atoms. The van der Waals surface area contributed by atoms with E-state index in [0.717, 1.165) is 13.0 Å². The van der Waals surface area contributed by atoms with Crippen molar-refractivity contribution in [1.29, 1.82) is 0 Å². The summed E-state index contributed by atoms with van der Waals surface area (Å²) in [5, 5.41) is 0. The first-order valence-electron chi connectivity index (χ1n) is 4.62. The Balaban J connectivity index is 0.00000169. The van der Waals surface area contributed by atoms with Crippen molar-refractivity contribution in [3.63, 3.8) is 0 Å². The highest BCUT2D eigenvalue weighted by atomic mass is 79.9. The Morgan fingerprint density at radius 3 is 2.29 bits per heavy atom. The number of allylic oxidation sites excluding steroid dienone is 1. The average molecular weight is 256 g/mol. The summed E-state index contributed by atoms with van der Waals surface area (Å²) in [6, 6.07) is 10.5. The number of hydrogen-bond donors (Lipinski definition) is 0. The maximum absolute atomic E-state index is 2.22. The van der Waals surface area contributed by atoms with Crippen LogP contribution in [0.4, 0.5) is 0 Å². The predicted molar refractivity (Wildman–Crippen MR) is 68.2 cm³/mol. The molecule has 0 saturated carbocycles. The highest BCUT2D eigenvalue weighted by Gasteiger charge is 1.86. The standard InChI is InChI=1S/C12H17N.BrH/c1-13(2)11-7-6-10-12-8-4-3-5-9-12;/h3-9H,10-11H2,1-2H3;1H. The second-order valence-electron chi connectivity index (χ2n) is 3.42. The number of likely N-dealkylation sites (N-methyl/N-ethyl adjacent to an activating group) is 1. The van der Waals surface area contributed by atoms with Crippen LogP contribution in [-0.2, 0) is 6.42 Å². The third-order valence-corrected chi connectivity index (χ3v) is 1.83. The van der Waals surface area contributed by atoms with E-state index in [2.05, 4.69) is 55.4 Å². The molecule has 0 amide bonds. The van der Waals surface area contributed by atoms with Gasteiger partial charge < -0.3 is 4.90 Å². The Labute approximate surface area is 97.2 Å². The van der Waals surface area contributed by atoms with E-state index < -0.39 is 0 Å². The van der Waals surface area contributed by atoms with E-state index in [1.165, 1.54) is 5.56 Å². The maximum Gasteiger partial charge on any atom is 0.0157 e. The normalized spacial score (nSPS) is 10.5. The minimum Gasteiger partial charge on any atom is -0.306 e. The van der Waals surface area contributed by atoms with Crippen molar-refractivity contribution >= 4 is 17.0 Å². The molecule has 1 aromatic rings. The van der Waals surface area contributed by atoms with Gasteiger partial charge in [0.25, 0.3) is 0 Å². The third kappa shape index (κ3) is 5.95. The molecule has 0 unspecified atom stereocenters. The molecule has 2 heteroatoms. The molecule has 0 radical (unpaired) electrons. The molecule has 0 heterocycles. The van der Waals surface area contributed by atoms with Gasteiger partial charge >= 0.3 is 0 Å². The maximum atomic E-state index is 2.22. The second-order valence-corrected chi connectivity index (χ2v) is 3.42. The molecular formula is C12H18BrN. The van der Waals surface area contributed by atoms with Gasteiger partial charge in [-0.3, -0.25) is 0 Å². The summed E-state index contributed by atoms with van der Waals surface area (Å²) in [5.41, 5.74) is 1.37. The van der Waals surface area contributed by atoms with Crippen molar-refractivity contribution in [2.75, 3.05) is 20.6 Å². The molecule has 1 aromatic carbocycles. The van der Waals surface area contributed by atoms with Crippen LogP contribution in [0.3, 0.4) is 0 Å². The van der Waals surface area contributed by atoms with Crippen molar-refractivity contribution in [3.8, 4) is 0 Å². The van der Waals surface area contributed by atoms with Gasteiger partial charge in [0.2, 0.25) is 0 Å². The fourth-order valence-corrected chi connectivity index (χ4v) is 1.12. The van der Waals surface area contributed by atoms with Gasteiger partial charge in [-0.05, 0) is 26.1 Å². The van der Waals surface area contributed by atoms with Crippen molar-refractivity contribution in [2.24, 2.45) is 0 Å². The number of halogens is 1. The lowest BCUT2D eigenvalue weighted by Crippen LogP contribution is -2.10. The molecule has 0 fully saturated rings. The largest absolute Gasteiger partial charge is 0.306 e. The molecule has 78 valence electrons. The van der Waals surface area contributed by atoms with Crippen molar-refractivity contribution < 1.29 is 0 Å². The van der Waals surface area contributed by atoms with Crippen molar-refractivity contribution in [2.45, 2.75) is 6.42 Å². The number of benzene rings is 1. The van der Waals surface area contributed by atoms with E-state index in [-0.39, 0.29) is 17.0 Å². The van der Waals surface area contributed by atoms with Gasteiger partial charge in [0.1, 0.15) is 0 Å². The Bertz CT molecular complexity index is 254. The summed E-state index contributed by atoms with van der Waals surface area (Å²) in [7, 11) is 4.15. The monoisotopic (exact) mass is 255 g/mol. The fraction of sp³-hybridized carbons (Fsp3) is 0.333. The summed E-state index contributed by atoms with van der Waals surface area (Å²) in [6.45, 7) is 1.02. The molecule has 0 aliphatic heterocycles. The first kappa shape index (κ1) is 13.4. The van der Waals surface area contributed by atoms with E-state index in [0.29, 0.717) is 0 Å². The highest BCUT2D eigenvalue weighted by molar-refractivity contribution is 8.93. The molecule has 0 aliphatic rings. The smallest absolute Gasteiger partial charge is 0.0157 e. The Hall–Kier alpha value is -0.600. The van der Waals surface area contributed by atoms with Gasteiger partial charge in [0.05, 0.1) is 0 Å². The molecule has 0 N–H and O–H groups in total. The predicted octanol–water partition coefficient (Wildman–Crippen LogP) is 2.92. The summed E-state index contributed by atoms with van der Waals surface area (Å²) < 4.78 is 0. The van der Waals surface area contributed by atoms with E-state index in [1.54, 1.807) is 0 Å². The molecule has 0 aliphatic carbocycles. The second kappa shape index (κ2) is 7.77. The molecule has 0 saturated heterocycles. The molecule has 0 aromatic heterocycles. The first-order valence-corrected chi connectivity index (χ1v) is 4.62. The average Bonchev–Trinajstić information content (AvgIpc) is 2.14. The van der Waals surface area contributed by atoms with Crippen LogP contribution in [0, 0.1) is 0 Å². The lowest BCUT2D eigenvalue weighted by atomic mass is 10.1. The van der Waals surface area contributed by atoms with Crippen LogP contribution < -0.4 is 0 Å². The van der Waals surface area contributed by atoms with E-state index in [4.69, 9.17) is 0 Å². The quantitative estimate of drug-likeness (QED) is 0.749. The zero-order valence-electron chi connectivity index (χ0n) is 8.81. The lowest BCUT2D eigenvalue weighted by Gasteiger charge is -2.03. The number of rotatable bonds is 4. The van der Waals surface area contributed by atoms with Gasteiger partial charge in [-0.1, -0.05) is 42.5 Å².